The predicted molar refractivity (Wildman–Crippen MR) is 133 cm³/mol. The molecule has 3 rings (SSSR count). The van der Waals surface area contributed by atoms with Crippen LogP contribution in [0.5, 0.6) is 17.2 Å². The van der Waals surface area contributed by atoms with E-state index in [-0.39, 0.29) is 11.9 Å². The van der Waals surface area contributed by atoms with E-state index in [1.807, 2.05) is 20.8 Å². The van der Waals surface area contributed by atoms with E-state index in [1.54, 1.807) is 46.2 Å². The largest absolute Gasteiger partial charge is 0.490 e. The van der Waals surface area contributed by atoms with Crippen LogP contribution in [0, 0.1) is 0 Å². The normalized spacial score (nSPS) is 13.8. The van der Waals surface area contributed by atoms with Gasteiger partial charge in [0.2, 0.25) is 5.75 Å². The third kappa shape index (κ3) is 6.47. The Hall–Kier alpha value is -3.13. The Labute approximate surface area is 205 Å². The van der Waals surface area contributed by atoms with Gasteiger partial charge in [-0.1, -0.05) is 17.7 Å². The molecule has 1 aliphatic rings. The number of rotatable bonds is 8. The first-order valence-electron chi connectivity index (χ1n) is 11.6. The first-order valence-corrected chi connectivity index (χ1v) is 12.0. The van der Waals surface area contributed by atoms with Crippen molar-refractivity contribution >= 4 is 29.2 Å². The van der Waals surface area contributed by atoms with E-state index in [0.717, 1.165) is 0 Å². The lowest BCUT2D eigenvalue weighted by atomic mass is 10.1. The number of anilines is 1. The van der Waals surface area contributed by atoms with E-state index in [0.29, 0.717) is 85.9 Å². The highest BCUT2D eigenvalue weighted by atomic mass is 35.5. The van der Waals surface area contributed by atoms with Crippen molar-refractivity contribution in [1.82, 2.24) is 9.80 Å². The molecule has 0 aliphatic carbocycles. The number of halogens is 1. The summed E-state index contributed by atoms with van der Waals surface area (Å²) in [4.78, 5) is 29.6. The van der Waals surface area contributed by atoms with Crippen LogP contribution in [-0.2, 0) is 0 Å². The summed E-state index contributed by atoms with van der Waals surface area (Å²) in [7, 11) is 0. The molecule has 0 spiro atoms. The highest BCUT2D eigenvalue weighted by Crippen LogP contribution is 2.39. The lowest BCUT2D eigenvalue weighted by molar-refractivity contribution is 0.0761. The standard InChI is InChI=1S/C25H32ClN3O5/c1-4-32-21-15-18(16-22(33-5-2)23(21)34-6-3)24(30)28-11-8-12-29(14-13-28)25(31)27-20-10-7-9-19(26)17-20/h7,9-10,15-17H,4-6,8,11-14H2,1-3H3,(H,27,31). The molecule has 1 fully saturated rings. The maximum atomic E-state index is 13.4. The summed E-state index contributed by atoms with van der Waals surface area (Å²) in [6.45, 7) is 8.89. The van der Waals surface area contributed by atoms with Crippen LogP contribution in [0.2, 0.25) is 5.02 Å². The molecule has 34 heavy (non-hydrogen) atoms. The first-order chi connectivity index (χ1) is 16.5. The van der Waals surface area contributed by atoms with Gasteiger partial charge in [0.15, 0.2) is 11.5 Å². The van der Waals surface area contributed by atoms with E-state index in [2.05, 4.69) is 5.32 Å². The van der Waals surface area contributed by atoms with E-state index in [4.69, 9.17) is 25.8 Å². The Kier molecular flexibility index (Phi) is 9.27. The Morgan fingerprint density at radius 3 is 2.12 bits per heavy atom. The number of nitrogens with one attached hydrogen (secondary N) is 1. The molecule has 1 saturated heterocycles. The van der Waals surface area contributed by atoms with Crippen LogP contribution in [-0.4, -0.2) is 67.7 Å². The van der Waals surface area contributed by atoms with Gasteiger partial charge in [-0.25, -0.2) is 4.79 Å². The predicted octanol–water partition coefficient (Wildman–Crippen LogP) is 4.92. The summed E-state index contributed by atoms with van der Waals surface area (Å²) in [6.07, 6.45) is 0.669. The number of hydrogen-bond donors (Lipinski definition) is 1. The molecule has 0 aromatic heterocycles. The van der Waals surface area contributed by atoms with Crippen LogP contribution >= 0.6 is 11.6 Å². The van der Waals surface area contributed by atoms with E-state index >= 15 is 0 Å². The quantitative estimate of drug-likeness (QED) is 0.569. The number of nitrogens with zero attached hydrogens (tertiary/aromatic N) is 2. The number of hydrogen-bond acceptors (Lipinski definition) is 5. The van der Waals surface area contributed by atoms with Crippen molar-refractivity contribution < 1.29 is 23.8 Å². The van der Waals surface area contributed by atoms with Gasteiger partial charge in [0.05, 0.1) is 19.8 Å². The average Bonchev–Trinajstić information content (AvgIpc) is 3.07. The van der Waals surface area contributed by atoms with Crippen molar-refractivity contribution in [3.05, 3.63) is 47.0 Å². The number of carbonyl (C=O) groups excluding carboxylic acids is 2. The van der Waals surface area contributed by atoms with Crippen molar-refractivity contribution in [1.29, 1.82) is 0 Å². The summed E-state index contributed by atoms with van der Waals surface area (Å²) in [6, 6.07) is 10.2. The number of carbonyl (C=O) groups is 2. The van der Waals surface area contributed by atoms with Gasteiger partial charge >= 0.3 is 6.03 Å². The fourth-order valence-electron chi connectivity index (χ4n) is 3.79. The number of urea groups is 1. The summed E-state index contributed by atoms with van der Waals surface area (Å²) in [5.74, 6) is 1.33. The highest BCUT2D eigenvalue weighted by Gasteiger charge is 2.25. The van der Waals surface area contributed by atoms with Crippen molar-refractivity contribution in [2.45, 2.75) is 27.2 Å². The van der Waals surface area contributed by atoms with Crippen LogP contribution in [0.3, 0.4) is 0 Å². The summed E-state index contributed by atoms with van der Waals surface area (Å²) in [5, 5.41) is 3.42. The molecule has 0 bridgehead atoms. The zero-order valence-corrected chi connectivity index (χ0v) is 20.7. The fourth-order valence-corrected chi connectivity index (χ4v) is 3.98. The first kappa shape index (κ1) is 25.5. The molecule has 8 nitrogen and oxygen atoms in total. The average molecular weight is 490 g/mol. The van der Waals surface area contributed by atoms with Gasteiger partial charge in [-0.15, -0.1) is 0 Å². The Balaban J connectivity index is 1.73. The lowest BCUT2D eigenvalue weighted by Gasteiger charge is -2.23. The maximum Gasteiger partial charge on any atom is 0.321 e. The minimum Gasteiger partial charge on any atom is -0.490 e. The second kappa shape index (κ2) is 12.4. The Bertz CT molecular complexity index is 973. The smallest absolute Gasteiger partial charge is 0.321 e. The van der Waals surface area contributed by atoms with Gasteiger partial charge in [0.1, 0.15) is 0 Å². The minimum absolute atomic E-state index is 0.137. The van der Waals surface area contributed by atoms with Crippen LogP contribution < -0.4 is 19.5 Å². The molecule has 0 atom stereocenters. The number of amides is 3. The SMILES string of the molecule is CCOc1cc(C(=O)N2CCCN(C(=O)Nc3cccc(Cl)c3)CC2)cc(OCC)c1OCC. The molecule has 1 N–H and O–H groups in total. The Morgan fingerprint density at radius 2 is 1.50 bits per heavy atom. The van der Waals surface area contributed by atoms with Crippen molar-refractivity contribution in [3.8, 4) is 17.2 Å². The molecule has 184 valence electrons. The van der Waals surface area contributed by atoms with Gasteiger partial charge in [0.25, 0.3) is 5.91 Å². The highest BCUT2D eigenvalue weighted by molar-refractivity contribution is 6.30. The van der Waals surface area contributed by atoms with Gasteiger partial charge in [-0.2, -0.15) is 0 Å². The van der Waals surface area contributed by atoms with Crippen molar-refractivity contribution in [3.63, 3.8) is 0 Å². The minimum atomic E-state index is -0.213. The second-order valence-electron chi connectivity index (χ2n) is 7.67. The molecule has 1 heterocycles. The summed E-state index contributed by atoms with van der Waals surface area (Å²) in [5.41, 5.74) is 1.10. The van der Waals surface area contributed by atoms with E-state index < -0.39 is 0 Å². The van der Waals surface area contributed by atoms with Crippen LogP contribution in [0.25, 0.3) is 0 Å². The van der Waals surface area contributed by atoms with Crippen LogP contribution in [0.4, 0.5) is 10.5 Å². The third-order valence-electron chi connectivity index (χ3n) is 5.30. The lowest BCUT2D eigenvalue weighted by Crippen LogP contribution is -2.39. The van der Waals surface area contributed by atoms with Crippen LogP contribution in [0.1, 0.15) is 37.6 Å². The van der Waals surface area contributed by atoms with Crippen molar-refractivity contribution in [2.24, 2.45) is 0 Å². The molecule has 0 radical (unpaired) electrons. The van der Waals surface area contributed by atoms with Gasteiger partial charge in [-0.3, -0.25) is 4.79 Å². The van der Waals surface area contributed by atoms with Gasteiger partial charge < -0.3 is 29.3 Å². The molecule has 2 aromatic rings. The molecule has 2 aromatic carbocycles. The summed E-state index contributed by atoms with van der Waals surface area (Å²) >= 11 is 6.01. The molecule has 1 aliphatic heterocycles. The fraction of sp³-hybridized carbons (Fsp3) is 0.440. The monoisotopic (exact) mass is 489 g/mol. The third-order valence-corrected chi connectivity index (χ3v) is 5.54. The Morgan fingerprint density at radius 1 is 0.882 bits per heavy atom. The number of ether oxygens (including phenoxy) is 3. The summed E-state index contributed by atoms with van der Waals surface area (Å²) < 4.78 is 17.2. The van der Waals surface area contributed by atoms with E-state index in [1.165, 1.54) is 0 Å². The van der Waals surface area contributed by atoms with Crippen molar-refractivity contribution in [2.75, 3.05) is 51.3 Å². The zero-order chi connectivity index (χ0) is 24.5. The van der Waals surface area contributed by atoms with Crippen LogP contribution in [0.15, 0.2) is 36.4 Å². The molecule has 0 saturated carbocycles. The molecular formula is C25H32ClN3O5. The molecule has 0 unspecified atom stereocenters. The molecule has 3 amide bonds. The number of benzene rings is 2. The van der Waals surface area contributed by atoms with Gasteiger partial charge in [0, 0.05) is 42.5 Å². The zero-order valence-electron chi connectivity index (χ0n) is 19.9. The topological polar surface area (TPSA) is 80.3 Å². The maximum absolute atomic E-state index is 13.4. The van der Waals surface area contributed by atoms with Gasteiger partial charge in [-0.05, 0) is 57.5 Å². The molecular weight excluding hydrogens is 458 g/mol. The molecule has 9 heteroatoms. The second-order valence-corrected chi connectivity index (χ2v) is 8.11. The van der Waals surface area contributed by atoms with E-state index in [9.17, 15) is 9.59 Å².